The van der Waals surface area contributed by atoms with Gasteiger partial charge in [-0.3, -0.25) is 0 Å². The van der Waals surface area contributed by atoms with E-state index >= 15 is 0 Å². The molecule has 2 nitrogen and oxygen atoms in total. The molecule has 0 saturated heterocycles. The Kier molecular flexibility index (Phi) is 4.02. The highest BCUT2D eigenvalue weighted by molar-refractivity contribution is 6.29. The summed E-state index contributed by atoms with van der Waals surface area (Å²) in [5, 5.41) is 2.68. The van der Waals surface area contributed by atoms with Gasteiger partial charge in [0.25, 0.3) is 0 Å². The molecule has 0 aliphatic carbocycles. The number of nitrogens with zero attached hydrogens (tertiary/aromatic N) is 1. The maximum atomic E-state index is 12.5. The van der Waals surface area contributed by atoms with Gasteiger partial charge >= 0.3 is 6.18 Å². The van der Waals surface area contributed by atoms with Crippen LogP contribution in [0.25, 0.3) is 0 Å². The molecule has 1 N–H and O–H groups in total. The fourth-order valence-corrected chi connectivity index (χ4v) is 1.30. The van der Waals surface area contributed by atoms with Crippen LogP contribution in [0, 0.1) is 0 Å². The summed E-state index contributed by atoms with van der Waals surface area (Å²) in [4.78, 5) is 3.79. The molecule has 1 heterocycles. The molecule has 1 rings (SSSR count). The lowest BCUT2D eigenvalue weighted by Gasteiger charge is -2.14. The number of nitrogens with one attached hydrogen (secondary N) is 1. The SMILES string of the molecule is CCC(C)Nc1cc(C(F)(F)F)cc(Cl)n1. The third-order valence-electron chi connectivity index (χ3n) is 2.13. The first kappa shape index (κ1) is 13.1. The lowest BCUT2D eigenvalue weighted by Crippen LogP contribution is -2.15. The van der Waals surface area contributed by atoms with E-state index in [1.807, 2.05) is 13.8 Å². The average Bonchev–Trinajstić information content (AvgIpc) is 2.15. The number of hydrogen-bond donors (Lipinski definition) is 1. The van der Waals surface area contributed by atoms with Crippen molar-refractivity contribution in [1.29, 1.82) is 0 Å². The summed E-state index contributed by atoms with van der Waals surface area (Å²) in [6, 6.07) is 1.81. The van der Waals surface area contributed by atoms with Gasteiger partial charge in [-0.25, -0.2) is 4.98 Å². The minimum atomic E-state index is -4.40. The van der Waals surface area contributed by atoms with Crippen LogP contribution in [0.2, 0.25) is 5.15 Å². The second-order valence-electron chi connectivity index (χ2n) is 3.52. The fourth-order valence-electron chi connectivity index (χ4n) is 1.09. The van der Waals surface area contributed by atoms with Crippen LogP contribution in [-0.4, -0.2) is 11.0 Å². The number of halogens is 4. The van der Waals surface area contributed by atoms with E-state index in [1.165, 1.54) is 0 Å². The van der Waals surface area contributed by atoms with Gasteiger partial charge in [0.05, 0.1) is 5.56 Å². The Morgan fingerprint density at radius 2 is 2.06 bits per heavy atom. The van der Waals surface area contributed by atoms with Crippen molar-refractivity contribution in [3.63, 3.8) is 0 Å². The number of pyridine rings is 1. The summed E-state index contributed by atoms with van der Waals surface area (Å²) in [6.07, 6.45) is -3.62. The van der Waals surface area contributed by atoms with Gasteiger partial charge in [0.1, 0.15) is 11.0 Å². The van der Waals surface area contributed by atoms with E-state index in [4.69, 9.17) is 11.6 Å². The molecule has 16 heavy (non-hydrogen) atoms. The molecule has 1 aromatic heterocycles. The van der Waals surface area contributed by atoms with Crippen molar-refractivity contribution in [3.05, 3.63) is 22.8 Å². The first-order valence-corrected chi connectivity index (χ1v) is 5.22. The molecule has 1 atom stereocenters. The smallest absolute Gasteiger partial charge is 0.368 e. The molecule has 0 saturated carbocycles. The van der Waals surface area contributed by atoms with Crippen molar-refractivity contribution in [2.24, 2.45) is 0 Å². The van der Waals surface area contributed by atoms with E-state index in [0.717, 1.165) is 18.6 Å². The van der Waals surface area contributed by atoms with Crippen LogP contribution >= 0.6 is 11.6 Å². The third kappa shape index (κ3) is 3.56. The second kappa shape index (κ2) is 4.91. The van der Waals surface area contributed by atoms with Gasteiger partial charge in [0, 0.05) is 6.04 Å². The largest absolute Gasteiger partial charge is 0.416 e. The predicted octanol–water partition coefficient (Wildman–Crippen LogP) is 3.96. The average molecular weight is 253 g/mol. The van der Waals surface area contributed by atoms with Crippen molar-refractivity contribution in [1.82, 2.24) is 4.98 Å². The van der Waals surface area contributed by atoms with E-state index < -0.39 is 11.7 Å². The molecule has 6 heteroatoms. The summed E-state index contributed by atoms with van der Waals surface area (Å²) in [7, 11) is 0. The normalized spacial score (nSPS) is 13.6. The number of aromatic nitrogens is 1. The Hall–Kier alpha value is -0.970. The monoisotopic (exact) mass is 252 g/mol. The second-order valence-corrected chi connectivity index (χ2v) is 3.90. The number of hydrogen-bond acceptors (Lipinski definition) is 2. The summed E-state index contributed by atoms with van der Waals surface area (Å²) in [6.45, 7) is 3.78. The van der Waals surface area contributed by atoms with Gasteiger partial charge in [0.15, 0.2) is 0 Å². The van der Waals surface area contributed by atoms with Gasteiger partial charge in [-0.2, -0.15) is 13.2 Å². The first-order chi connectivity index (χ1) is 7.32. The molecule has 0 fully saturated rings. The summed E-state index contributed by atoms with van der Waals surface area (Å²) in [5.74, 6) is 0.147. The van der Waals surface area contributed by atoms with E-state index in [0.29, 0.717) is 0 Å². The zero-order valence-corrected chi connectivity index (χ0v) is 9.65. The minimum Gasteiger partial charge on any atom is -0.368 e. The highest BCUT2D eigenvalue weighted by Gasteiger charge is 2.31. The molecule has 0 aliphatic heterocycles. The van der Waals surface area contributed by atoms with Crippen molar-refractivity contribution in [2.45, 2.75) is 32.5 Å². The Morgan fingerprint density at radius 1 is 1.44 bits per heavy atom. The van der Waals surface area contributed by atoms with Gasteiger partial charge in [-0.15, -0.1) is 0 Å². The number of rotatable bonds is 3. The maximum Gasteiger partial charge on any atom is 0.416 e. The first-order valence-electron chi connectivity index (χ1n) is 4.84. The topological polar surface area (TPSA) is 24.9 Å². The van der Waals surface area contributed by atoms with Crippen LogP contribution < -0.4 is 5.32 Å². The number of alkyl halides is 3. The molecule has 0 aliphatic rings. The fraction of sp³-hybridized carbons (Fsp3) is 0.500. The minimum absolute atomic E-state index is 0.0482. The van der Waals surface area contributed by atoms with E-state index in [1.54, 1.807) is 0 Å². The van der Waals surface area contributed by atoms with Crippen molar-refractivity contribution in [2.75, 3.05) is 5.32 Å². The molecule has 0 radical (unpaired) electrons. The molecule has 0 spiro atoms. The van der Waals surface area contributed by atoms with E-state index in [9.17, 15) is 13.2 Å². The molecule has 1 unspecified atom stereocenters. The highest BCUT2D eigenvalue weighted by Crippen LogP contribution is 2.32. The molecule has 1 aromatic rings. The zero-order valence-electron chi connectivity index (χ0n) is 8.90. The van der Waals surface area contributed by atoms with Crippen LogP contribution in [0.3, 0.4) is 0 Å². The van der Waals surface area contributed by atoms with E-state index in [-0.39, 0.29) is 17.0 Å². The van der Waals surface area contributed by atoms with Crippen LogP contribution in [0.15, 0.2) is 12.1 Å². The number of anilines is 1. The van der Waals surface area contributed by atoms with Gasteiger partial charge < -0.3 is 5.32 Å². The van der Waals surface area contributed by atoms with Gasteiger partial charge in [-0.05, 0) is 25.5 Å². The Balaban J connectivity index is 2.99. The molecular formula is C10H12ClF3N2. The lowest BCUT2D eigenvalue weighted by molar-refractivity contribution is -0.137. The molecule has 0 bridgehead atoms. The zero-order chi connectivity index (χ0) is 12.3. The van der Waals surface area contributed by atoms with Crippen LogP contribution in [0.1, 0.15) is 25.8 Å². The summed E-state index contributed by atoms with van der Waals surface area (Å²) in [5.41, 5.74) is -0.793. The quantitative estimate of drug-likeness (QED) is 0.824. The Bertz CT molecular complexity index is 366. The Morgan fingerprint density at radius 3 is 2.56 bits per heavy atom. The molecule has 90 valence electrons. The van der Waals surface area contributed by atoms with Crippen LogP contribution in [-0.2, 0) is 6.18 Å². The van der Waals surface area contributed by atoms with Gasteiger partial charge in [-0.1, -0.05) is 18.5 Å². The maximum absolute atomic E-state index is 12.5. The van der Waals surface area contributed by atoms with Crippen molar-refractivity contribution < 1.29 is 13.2 Å². The highest BCUT2D eigenvalue weighted by atomic mass is 35.5. The van der Waals surface area contributed by atoms with Crippen LogP contribution in [0.4, 0.5) is 19.0 Å². The standard InChI is InChI=1S/C10H12ClF3N2/c1-3-6(2)15-9-5-7(10(12,13)14)4-8(11)16-9/h4-6H,3H2,1-2H3,(H,15,16). The van der Waals surface area contributed by atoms with Crippen LogP contribution in [0.5, 0.6) is 0 Å². The van der Waals surface area contributed by atoms with Crippen molar-refractivity contribution >= 4 is 17.4 Å². The molecule has 0 aromatic carbocycles. The third-order valence-corrected chi connectivity index (χ3v) is 2.32. The Labute approximate surface area is 96.8 Å². The summed E-state index contributed by atoms with van der Waals surface area (Å²) < 4.78 is 37.4. The van der Waals surface area contributed by atoms with Gasteiger partial charge in [0.2, 0.25) is 0 Å². The summed E-state index contributed by atoms with van der Waals surface area (Å²) >= 11 is 5.53. The molecular weight excluding hydrogens is 241 g/mol. The molecule has 0 amide bonds. The predicted molar refractivity (Wildman–Crippen MR) is 57.6 cm³/mol. The van der Waals surface area contributed by atoms with E-state index in [2.05, 4.69) is 10.3 Å². The van der Waals surface area contributed by atoms with Crippen molar-refractivity contribution in [3.8, 4) is 0 Å². The lowest BCUT2D eigenvalue weighted by atomic mass is 10.2.